The first kappa shape index (κ1) is 13.1. The molecule has 1 aromatic rings. The molecule has 4 unspecified atom stereocenters. The minimum Gasteiger partial charge on any atom is -0.466 e. The number of esters is 1. The van der Waals surface area contributed by atoms with E-state index in [0.717, 1.165) is 31.3 Å². The lowest BCUT2D eigenvalue weighted by atomic mass is 9.79. The summed E-state index contributed by atoms with van der Waals surface area (Å²) in [6.07, 6.45) is 6.53. The predicted molar refractivity (Wildman–Crippen MR) is 78.7 cm³/mol. The molecule has 3 aliphatic rings. The first-order chi connectivity index (χ1) is 10.3. The molecule has 1 saturated carbocycles. The molecular weight excluding hydrogens is 264 g/mol. The monoisotopic (exact) mass is 284 g/mol. The first-order valence-corrected chi connectivity index (χ1v) is 7.76. The van der Waals surface area contributed by atoms with Crippen LogP contribution in [-0.2, 0) is 20.7 Å². The number of benzene rings is 1. The third-order valence-electron chi connectivity index (χ3n) is 5.34. The lowest BCUT2D eigenvalue weighted by Gasteiger charge is -2.26. The fourth-order valence-electron chi connectivity index (χ4n) is 4.43. The van der Waals surface area contributed by atoms with Crippen LogP contribution in [0.5, 0.6) is 0 Å². The van der Waals surface area contributed by atoms with Crippen LogP contribution in [0.4, 0.5) is 0 Å². The van der Waals surface area contributed by atoms with E-state index in [1.165, 1.54) is 12.7 Å². The Labute approximate surface area is 124 Å². The van der Waals surface area contributed by atoms with Crippen LogP contribution in [0.15, 0.2) is 42.0 Å². The number of allylic oxidation sites excluding steroid dienone is 1. The van der Waals surface area contributed by atoms with Crippen molar-refractivity contribution in [1.29, 1.82) is 0 Å². The van der Waals surface area contributed by atoms with Crippen LogP contribution >= 0.6 is 0 Å². The highest BCUT2D eigenvalue weighted by molar-refractivity contribution is 5.92. The van der Waals surface area contributed by atoms with Gasteiger partial charge in [-0.2, -0.15) is 0 Å². The van der Waals surface area contributed by atoms with Crippen molar-refractivity contribution in [2.45, 2.75) is 37.4 Å². The molecule has 4 rings (SSSR count). The van der Waals surface area contributed by atoms with Crippen LogP contribution in [0.2, 0.25) is 0 Å². The Morgan fingerprint density at radius 1 is 1.38 bits per heavy atom. The molecule has 110 valence electrons. The zero-order chi connectivity index (χ0) is 14.4. The van der Waals surface area contributed by atoms with Gasteiger partial charge in [-0.1, -0.05) is 36.4 Å². The van der Waals surface area contributed by atoms with Crippen molar-refractivity contribution >= 4 is 5.97 Å². The number of methoxy groups -OCH3 is 1. The van der Waals surface area contributed by atoms with Gasteiger partial charge in [-0.05, 0) is 43.1 Å². The van der Waals surface area contributed by atoms with E-state index in [4.69, 9.17) is 9.47 Å². The lowest BCUT2D eigenvalue weighted by Crippen LogP contribution is -2.32. The van der Waals surface area contributed by atoms with Gasteiger partial charge in [0.25, 0.3) is 0 Å². The molecule has 2 fully saturated rings. The zero-order valence-corrected chi connectivity index (χ0v) is 12.2. The predicted octanol–water partition coefficient (Wildman–Crippen LogP) is 2.90. The highest BCUT2D eigenvalue weighted by Gasteiger charge is 2.72. The maximum Gasteiger partial charge on any atom is 0.336 e. The number of rotatable bonds is 3. The molecule has 4 atom stereocenters. The average Bonchev–Trinajstić information content (AvgIpc) is 3.17. The molecule has 0 amide bonds. The van der Waals surface area contributed by atoms with Crippen molar-refractivity contribution in [1.82, 2.24) is 0 Å². The molecule has 2 aliphatic carbocycles. The molecule has 0 N–H and O–H groups in total. The average molecular weight is 284 g/mol. The van der Waals surface area contributed by atoms with E-state index in [0.29, 0.717) is 11.8 Å². The molecule has 1 spiro atoms. The van der Waals surface area contributed by atoms with Gasteiger partial charge in [0, 0.05) is 0 Å². The summed E-state index contributed by atoms with van der Waals surface area (Å²) in [6.45, 7) is 0. The summed E-state index contributed by atoms with van der Waals surface area (Å²) >= 11 is 0. The van der Waals surface area contributed by atoms with Crippen LogP contribution in [-0.4, -0.2) is 24.8 Å². The number of hydrogen-bond acceptors (Lipinski definition) is 3. The first-order valence-electron chi connectivity index (χ1n) is 7.76. The second-order valence-electron chi connectivity index (χ2n) is 6.40. The normalized spacial score (nSPS) is 36.4. The molecule has 3 heteroatoms. The SMILES string of the molecule is COC(=O)C1=CCCC2CC(Cc3ccccc3)C3OC123. The molecule has 1 aromatic carbocycles. The Morgan fingerprint density at radius 3 is 2.95 bits per heavy atom. The molecule has 3 nitrogen and oxygen atoms in total. The van der Waals surface area contributed by atoms with Crippen molar-refractivity contribution in [3.05, 3.63) is 47.5 Å². The van der Waals surface area contributed by atoms with E-state index in [1.807, 2.05) is 12.1 Å². The summed E-state index contributed by atoms with van der Waals surface area (Å²) in [5.74, 6) is 0.793. The number of carbonyl (C=O) groups is 1. The highest BCUT2D eigenvalue weighted by Crippen LogP contribution is 2.63. The molecule has 0 radical (unpaired) electrons. The van der Waals surface area contributed by atoms with Gasteiger partial charge in [-0.15, -0.1) is 0 Å². The van der Waals surface area contributed by atoms with E-state index < -0.39 is 0 Å². The van der Waals surface area contributed by atoms with Crippen molar-refractivity contribution < 1.29 is 14.3 Å². The fourth-order valence-corrected chi connectivity index (χ4v) is 4.43. The van der Waals surface area contributed by atoms with Crippen LogP contribution in [0, 0.1) is 11.8 Å². The largest absolute Gasteiger partial charge is 0.466 e. The number of epoxide rings is 1. The number of carbonyl (C=O) groups excluding carboxylic acids is 1. The maximum absolute atomic E-state index is 12.0. The summed E-state index contributed by atoms with van der Waals surface area (Å²) in [5.41, 5.74) is 1.82. The van der Waals surface area contributed by atoms with Crippen molar-refractivity contribution in [2.24, 2.45) is 11.8 Å². The Kier molecular flexibility index (Phi) is 2.93. The minimum absolute atomic E-state index is 0.202. The lowest BCUT2D eigenvalue weighted by molar-refractivity contribution is -0.137. The zero-order valence-electron chi connectivity index (χ0n) is 12.2. The van der Waals surface area contributed by atoms with Crippen molar-refractivity contribution in [3.8, 4) is 0 Å². The third-order valence-corrected chi connectivity index (χ3v) is 5.34. The van der Waals surface area contributed by atoms with Gasteiger partial charge in [0.2, 0.25) is 0 Å². The number of hydrogen-bond donors (Lipinski definition) is 0. The third kappa shape index (κ3) is 1.87. The van der Waals surface area contributed by atoms with Crippen LogP contribution in [0.3, 0.4) is 0 Å². The van der Waals surface area contributed by atoms with Gasteiger partial charge in [0.05, 0.1) is 18.8 Å². The van der Waals surface area contributed by atoms with Gasteiger partial charge < -0.3 is 9.47 Å². The van der Waals surface area contributed by atoms with Gasteiger partial charge in [0.15, 0.2) is 0 Å². The minimum atomic E-state index is -0.315. The van der Waals surface area contributed by atoms with Gasteiger partial charge in [0.1, 0.15) is 5.60 Å². The summed E-state index contributed by atoms with van der Waals surface area (Å²) in [6, 6.07) is 10.6. The summed E-state index contributed by atoms with van der Waals surface area (Å²) in [4.78, 5) is 12.0. The second-order valence-corrected chi connectivity index (χ2v) is 6.40. The van der Waals surface area contributed by atoms with Crippen molar-refractivity contribution in [2.75, 3.05) is 7.11 Å². The molecule has 21 heavy (non-hydrogen) atoms. The van der Waals surface area contributed by atoms with E-state index in [9.17, 15) is 4.79 Å². The Bertz CT molecular complexity index is 592. The van der Waals surface area contributed by atoms with Crippen LogP contribution in [0.1, 0.15) is 24.8 Å². The quantitative estimate of drug-likeness (QED) is 0.633. The van der Waals surface area contributed by atoms with Crippen molar-refractivity contribution in [3.63, 3.8) is 0 Å². The Morgan fingerprint density at radius 2 is 2.19 bits per heavy atom. The molecule has 1 heterocycles. The molecular formula is C18H20O3. The fraction of sp³-hybridized carbons (Fsp3) is 0.500. The summed E-state index contributed by atoms with van der Waals surface area (Å²) < 4.78 is 11.1. The van der Waals surface area contributed by atoms with Crippen LogP contribution < -0.4 is 0 Å². The van der Waals surface area contributed by atoms with E-state index in [2.05, 4.69) is 24.3 Å². The molecule has 1 aliphatic heterocycles. The van der Waals surface area contributed by atoms with Gasteiger partial charge in [-0.25, -0.2) is 4.79 Å². The molecule has 0 aromatic heterocycles. The maximum atomic E-state index is 12.0. The van der Waals surface area contributed by atoms with E-state index in [1.54, 1.807) is 0 Å². The number of ether oxygens (including phenoxy) is 2. The highest BCUT2D eigenvalue weighted by atomic mass is 16.6. The van der Waals surface area contributed by atoms with Crippen LogP contribution in [0.25, 0.3) is 0 Å². The Hall–Kier alpha value is -1.61. The van der Waals surface area contributed by atoms with E-state index >= 15 is 0 Å². The summed E-state index contributed by atoms with van der Waals surface area (Å²) in [5, 5.41) is 0. The standard InChI is InChI=1S/C18H20O3/c1-20-17(19)15-9-5-8-14-11-13(16-18(14,15)21-16)10-12-6-3-2-4-7-12/h2-4,6-7,9,13-14,16H,5,8,10-11H2,1H3. The Balaban J connectivity index is 1.57. The summed E-state index contributed by atoms with van der Waals surface area (Å²) in [7, 11) is 1.46. The molecule has 1 saturated heterocycles. The van der Waals surface area contributed by atoms with Gasteiger partial charge >= 0.3 is 5.97 Å². The topological polar surface area (TPSA) is 38.8 Å². The van der Waals surface area contributed by atoms with E-state index in [-0.39, 0.29) is 17.7 Å². The van der Waals surface area contributed by atoms with Gasteiger partial charge in [-0.3, -0.25) is 0 Å². The smallest absolute Gasteiger partial charge is 0.336 e. The second kappa shape index (κ2) is 4.70. The molecule has 0 bridgehead atoms.